The fourth-order valence-electron chi connectivity index (χ4n) is 3.12. The molecule has 1 unspecified atom stereocenters. The van der Waals surface area contributed by atoms with E-state index in [4.69, 9.17) is 0 Å². The molecule has 3 aromatic carbocycles. The largest absolute Gasteiger partial charge is 0.378 e. The van der Waals surface area contributed by atoms with Gasteiger partial charge in [0.25, 0.3) is 5.91 Å². The van der Waals surface area contributed by atoms with E-state index < -0.39 is 22.0 Å². The molecule has 0 aromatic heterocycles. The average molecular weight is 465 g/mol. The van der Waals surface area contributed by atoms with E-state index in [1.54, 1.807) is 12.1 Å². The maximum atomic E-state index is 12.9. The summed E-state index contributed by atoms with van der Waals surface area (Å²) < 4.78 is 28.3. The van der Waals surface area contributed by atoms with Crippen molar-refractivity contribution >= 4 is 27.8 Å². The maximum absolute atomic E-state index is 12.9. The Hall–Kier alpha value is -3.49. The van der Waals surface area contributed by atoms with Crippen LogP contribution in [0.2, 0.25) is 0 Å². The van der Waals surface area contributed by atoms with Gasteiger partial charge in [0, 0.05) is 19.8 Å². The SMILES string of the molecule is Cc1ccc(S(=O)(=O)NC(Cc2ccccc2)C(=O)NN=Cc2ccc(N(C)C)cc2)cc1. The van der Waals surface area contributed by atoms with Crippen molar-refractivity contribution in [3.8, 4) is 0 Å². The van der Waals surface area contributed by atoms with Crippen molar-refractivity contribution in [1.29, 1.82) is 0 Å². The van der Waals surface area contributed by atoms with E-state index in [1.807, 2.05) is 80.5 Å². The van der Waals surface area contributed by atoms with Gasteiger partial charge in [-0.05, 0) is 48.7 Å². The third kappa shape index (κ3) is 7.00. The lowest BCUT2D eigenvalue weighted by Crippen LogP contribution is -2.46. The number of anilines is 1. The monoisotopic (exact) mass is 464 g/mol. The summed E-state index contributed by atoms with van der Waals surface area (Å²) in [5.41, 5.74) is 6.09. The van der Waals surface area contributed by atoms with Crippen molar-refractivity contribution in [2.24, 2.45) is 5.10 Å². The van der Waals surface area contributed by atoms with Gasteiger partial charge in [0.2, 0.25) is 10.0 Å². The highest BCUT2D eigenvalue weighted by atomic mass is 32.2. The van der Waals surface area contributed by atoms with E-state index in [-0.39, 0.29) is 11.3 Å². The molecule has 0 saturated heterocycles. The summed E-state index contributed by atoms with van der Waals surface area (Å²) in [6, 6.07) is 22.3. The lowest BCUT2D eigenvalue weighted by molar-refractivity contribution is -0.122. The van der Waals surface area contributed by atoms with Gasteiger partial charge in [-0.25, -0.2) is 13.8 Å². The molecular formula is C25H28N4O3S. The molecular weight excluding hydrogens is 436 g/mol. The molecule has 0 heterocycles. The van der Waals surface area contributed by atoms with Gasteiger partial charge in [0.1, 0.15) is 6.04 Å². The van der Waals surface area contributed by atoms with Crippen LogP contribution in [0.1, 0.15) is 16.7 Å². The van der Waals surface area contributed by atoms with Gasteiger partial charge in [-0.15, -0.1) is 0 Å². The first kappa shape index (κ1) is 24.2. The van der Waals surface area contributed by atoms with E-state index >= 15 is 0 Å². The zero-order chi connectivity index (χ0) is 23.8. The highest BCUT2D eigenvalue weighted by Crippen LogP contribution is 2.13. The fourth-order valence-corrected chi connectivity index (χ4v) is 4.31. The lowest BCUT2D eigenvalue weighted by Gasteiger charge is -2.17. The van der Waals surface area contributed by atoms with Gasteiger partial charge in [-0.1, -0.05) is 60.2 Å². The van der Waals surface area contributed by atoms with Crippen molar-refractivity contribution in [2.45, 2.75) is 24.3 Å². The first-order valence-corrected chi connectivity index (χ1v) is 12.0. The summed E-state index contributed by atoms with van der Waals surface area (Å²) in [5.74, 6) is -0.546. The smallest absolute Gasteiger partial charge is 0.258 e. The minimum absolute atomic E-state index is 0.100. The Morgan fingerprint density at radius 3 is 2.21 bits per heavy atom. The first-order valence-electron chi connectivity index (χ1n) is 10.5. The van der Waals surface area contributed by atoms with Crippen molar-refractivity contribution < 1.29 is 13.2 Å². The van der Waals surface area contributed by atoms with Crippen molar-refractivity contribution in [1.82, 2.24) is 10.1 Å². The lowest BCUT2D eigenvalue weighted by atomic mass is 10.1. The van der Waals surface area contributed by atoms with Crippen LogP contribution in [0.3, 0.4) is 0 Å². The number of carbonyl (C=O) groups is 1. The van der Waals surface area contributed by atoms with Crippen LogP contribution in [-0.2, 0) is 21.2 Å². The standard InChI is InChI=1S/C25H28N4O3S/c1-19-9-15-23(16-10-19)33(31,32)28-24(17-20-7-5-4-6-8-20)25(30)27-26-18-21-11-13-22(14-12-21)29(2)3/h4-16,18,24,28H,17H2,1-3H3,(H,27,30). The molecule has 3 aromatic rings. The highest BCUT2D eigenvalue weighted by molar-refractivity contribution is 7.89. The average Bonchev–Trinajstić information content (AvgIpc) is 2.80. The van der Waals surface area contributed by atoms with Crippen LogP contribution in [0.4, 0.5) is 5.69 Å². The molecule has 33 heavy (non-hydrogen) atoms. The number of sulfonamides is 1. The summed E-state index contributed by atoms with van der Waals surface area (Å²) >= 11 is 0. The van der Waals surface area contributed by atoms with Crippen molar-refractivity contribution in [3.63, 3.8) is 0 Å². The summed E-state index contributed by atoms with van der Waals surface area (Å²) in [6.07, 6.45) is 1.70. The van der Waals surface area contributed by atoms with Gasteiger partial charge in [-0.3, -0.25) is 4.79 Å². The molecule has 1 amide bonds. The summed E-state index contributed by atoms with van der Waals surface area (Å²) in [5, 5.41) is 4.02. The van der Waals surface area contributed by atoms with Gasteiger partial charge in [0.15, 0.2) is 0 Å². The molecule has 0 bridgehead atoms. The van der Waals surface area contributed by atoms with Crippen LogP contribution in [0, 0.1) is 6.92 Å². The number of hydrogen-bond acceptors (Lipinski definition) is 5. The van der Waals surface area contributed by atoms with Gasteiger partial charge < -0.3 is 4.90 Å². The number of nitrogens with zero attached hydrogens (tertiary/aromatic N) is 2. The third-order valence-electron chi connectivity index (χ3n) is 5.03. The molecule has 172 valence electrons. The number of hydrazone groups is 1. The second-order valence-electron chi connectivity index (χ2n) is 7.90. The number of rotatable bonds is 9. The van der Waals surface area contributed by atoms with Gasteiger partial charge in [-0.2, -0.15) is 9.82 Å². The molecule has 0 spiro atoms. The van der Waals surface area contributed by atoms with Crippen LogP contribution in [0.5, 0.6) is 0 Å². The molecule has 8 heteroatoms. The van der Waals surface area contributed by atoms with Gasteiger partial charge in [0.05, 0.1) is 11.1 Å². The van der Waals surface area contributed by atoms with Crippen LogP contribution < -0.4 is 15.0 Å². The van der Waals surface area contributed by atoms with Crippen molar-refractivity contribution in [2.75, 3.05) is 19.0 Å². The number of benzene rings is 3. The van der Waals surface area contributed by atoms with Gasteiger partial charge >= 0.3 is 0 Å². The molecule has 0 aliphatic rings. The van der Waals surface area contributed by atoms with E-state index in [0.717, 1.165) is 22.4 Å². The second-order valence-corrected chi connectivity index (χ2v) is 9.61. The molecule has 0 aliphatic heterocycles. The zero-order valence-corrected chi connectivity index (χ0v) is 19.7. The van der Waals surface area contributed by atoms with E-state index in [1.165, 1.54) is 18.3 Å². The Morgan fingerprint density at radius 2 is 1.61 bits per heavy atom. The molecule has 0 fully saturated rings. The minimum atomic E-state index is -3.90. The van der Waals surface area contributed by atoms with Crippen LogP contribution in [0.15, 0.2) is 88.9 Å². The summed E-state index contributed by atoms with van der Waals surface area (Å²) in [4.78, 5) is 15.0. The second kappa shape index (κ2) is 10.9. The number of amides is 1. The van der Waals surface area contributed by atoms with Crippen molar-refractivity contribution in [3.05, 3.63) is 95.6 Å². The summed E-state index contributed by atoms with van der Waals surface area (Å²) in [6.45, 7) is 1.88. The fraction of sp³-hybridized carbons (Fsp3) is 0.200. The predicted molar refractivity (Wildman–Crippen MR) is 132 cm³/mol. The third-order valence-corrected chi connectivity index (χ3v) is 6.51. The topological polar surface area (TPSA) is 90.9 Å². The zero-order valence-electron chi connectivity index (χ0n) is 18.9. The van der Waals surface area contributed by atoms with Crippen LogP contribution >= 0.6 is 0 Å². The molecule has 0 saturated carbocycles. The Balaban J connectivity index is 1.75. The summed E-state index contributed by atoms with van der Waals surface area (Å²) in [7, 11) is 0.00561. The van der Waals surface area contributed by atoms with E-state index in [9.17, 15) is 13.2 Å². The normalized spacial score (nSPS) is 12.5. The Morgan fingerprint density at radius 1 is 0.970 bits per heavy atom. The Labute approximate surface area is 195 Å². The molecule has 0 aliphatic carbocycles. The molecule has 7 nitrogen and oxygen atoms in total. The Kier molecular flexibility index (Phi) is 7.97. The van der Waals surface area contributed by atoms with Crippen LogP contribution in [-0.4, -0.2) is 40.7 Å². The first-order chi connectivity index (χ1) is 15.7. The van der Waals surface area contributed by atoms with E-state index in [0.29, 0.717) is 0 Å². The Bertz CT molecular complexity index is 1190. The maximum Gasteiger partial charge on any atom is 0.258 e. The predicted octanol–water partition coefficient (Wildman–Crippen LogP) is 3.10. The molecule has 2 N–H and O–H groups in total. The molecule has 1 atom stereocenters. The number of aryl methyl sites for hydroxylation is 1. The highest BCUT2D eigenvalue weighted by Gasteiger charge is 2.26. The quantitative estimate of drug-likeness (QED) is 0.376. The minimum Gasteiger partial charge on any atom is -0.378 e. The molecule has 0 radical (unpaired) electrons. The number of carbonyl (C=O) groups excluding carboxylic acids is 1. The van der Waals surface area contributed by atoms with Crippen LogP contribution in [0.25, 0.3) is 0 Å². The molecule has 3 rings (SSSR count). The number of hydrogen-bond donors (Lipinski definition) is 2. The van der Waals surface area contributed by atoms with E-state index in [2.05, 4.69) is 15.2 Å². The number of nitrogens with one attached hydrogen (secondary N) is 2.